The Balaban J connectivity index is 0. The van der Waals surface area contributed by atoms with E-state index in [2.05, 4.69) is 0 Å². The van der Waals surface area contributed by atoms with Crippen molar-refractivity contribution in [3.05, 3.63) is 0 Å². The van der Waals surface area contributed by atoms with Crippen LogP contribution in [0.3, 0.4) is 0 Å². The van der Waals surface area contributed by atoms with Gasteiger partial charge in [-0.1, -0.05) is 0 Å². The number of hydrogen-bond acceptors (Lipinski definition) is 1. The average Bonchev–Trinajstić information content (AvgIpc) is 0. The van der Waals surface area contributed by atoms with E-state index in [9.17, 15) is 0 Å². The molecule has 0 unspecified atom stereocenters. The van der Waals surface area contributed by atoms with Crippen molar-refractivity contribution in [2.24, 2.45) is 0 Å². The van der Waals surface area contributed by atoms with E-state index in [1.165, 1.54) is 0 Å². The van der Waals surface area contributed by atoms with Crippen LogP contribution in [0.2, 0.25) is 0 Å². The van der Waals surface area contributed by atoms with Gasteiger partial charge in [-0.05, 0) is 0 Å². The predicted molar refractivity (Wildman–Crippen MR) is 17.2 cm³/mol. The Morgan fingerprint density at radius 2 is 1.00 bits per heavy atom. The molecule has 0 amide bonds. The summed E-state index contributed by atoms with van der Waals surface area (Å²) < 4.78 is 0. The minimum atomic E-state index is 0. The van der Waals surface area contributed by atoms with Gasteiger partial charge in [0.1, 0.15) is 0 Å². The van der Waals surface area contributed by atoms with E-state index < -0.39 is 0 Å². The van der Waals surface area contributed by atoms with Gasteiger partial charge in [-0.25, -0.2) is 0 Å². The van der Waals surface area contributed by atoms with E-state index in [-0.39, 0.29) is 93.9 Å². The summed E-state index contributed by atoms with van der Waals surface area (Å²) in [5, 5.41) is 0. The van der Waals surface area contributed by atoms with Crippen molar-refractivity contribution in [2.45, 2.75) is 0 Å². The maximum absolute atomic E-state index is 0. The van der Waals surface area contributed by atoms with Crippen molar-refractivity contribution in [1.82, 2.24) is 6.15 Å². The second-order valence-electron chi connectivity index (χ2n) is 0. The van der Waals surface area contributed by atoms with Gasteiger partial charge in [0.25, 0.3) is 0 Å². The molecule has 5 heavy (non-hydrogen) atoms. The third-order valence-electron chi connectivity index (χ3n) is 0. The predicted octanol–water partition coefficient (Wildman–Crippen LogP) is -1.58. The molecule has 26 valence electrons. The summed E-state index contributed by atoms with van der Waals surface area (Å²) >= 11 is 0. The van der Waals surface area contributed by atoms with Gasteiger partial charge in [0.05, 0.1) is 0 Å². The summed E-state index contributed by atoms with van der Waals surface area (Å²) in [6.07, 6.45) is 0. The van der Waals surface area contributed by atoms with Crippen molar-refractivity contribution in [2.75, 3.05) is 0 Å². The first-order valence-corrected chi connectivity index (χ1v) is 0. The molecule has 0 rings (SSSR count). The standard InChI is InChI=1S/Cd.Hg.H3N.H2O.Pb.2H/h;;1H3;1H2;;;. The van der Waals surface area contributed by atoms with E-state index in [0.717, 1.165) is 0 Å². The van der Waals surface area contributed by atoms with Crippen LogP contribution < -0.4 is 6.15 Å². The molecule has 0 aliphatic heterocycles. The Hall–Kier alpha value is 2.70. The van der Waals surface area contributed by atoms with Crippen molar-refractivity contribution in [3.8, 4) is 0 Å². The zero-order chi connectivity index (χ0) is 0. The Morgan fingerprint density at radius 1 is 1.00 bits per heavy atom. The van der Waals surface area contributed by atoms with Gasteiger partial charge < -0.3 is 11.6 Å². The van der Waals surface area contributed by atoms with Crippen LogP contribution in [0, 0.1) is 0 Å². The Morgan fingerprint density at radius 3 is 1.00 bits per heavy atom. The first-order valence-electron chi connectivity index (χ1n) is 0. The third-order valence-corrected chi connectivity index (χ3v) is 0. The molecule has 0 atom stereocenters. The van der Waals surface area contributed by atoms with Gasteiger partial charge in [-0.2, -0.15) is 0 Å². The van der Waals surface area contributed by atoms with E-state index in [1.807, 2.05) is 0 Å². The minimum absolute atomic E-state index is 0. The van der Waals surface area contributed by atoms with E-state index in [0.29, 0.717) is 0 Å². The molecule has 0 aromatic carbocycles. The van der Waals surface area contributed by atoms with Crippen molar-refractivity contribution in [3.63, 3.8) is 0 Å². The monoisotopic (exact) mass is 561 g/mol. The molecule has 0 aromatic heterocycles. The summed E-state index contributed by atoms with van der Waals surface area (Å²) in [4.78, 5) is 0. The van der Waals surface area contributed by atoms with Gasteiger partial charge in [0.2, 0.25) is 0 Å². The molecule has 5 heteroatoms. The van der Waals surface area contributed by atoms with Crippen molar-refractivity contribution < 1.29 is 60.4 Å². The number of hydrogen-bond donors (Lipinski definition) is 1. The van der Waals surface area contributed by atoms with Gasteiger partial charge in [0.15, 0.2) is 0 Å². The molecule has 0 aliphatic carbocycles. The normalized spacial score (nSPS) is 0. The molecule has 2 radical (unpaired) electrons. The fourth-order valence-corrected chi connectivity index (χ4v) is 0. The number of rotatable bonds is 0. The van der Waals surface area contributed by atoms with Crippen LogP contribution in [0.25, 0.3) is 0 Å². The molecule has 0 saturated carbocycles. The quantitative estimate of drug-likeness (QED) is 0.360. The molecule has 0 aromatic rings. The molecular weight excluding hydrogens is 550 g/mol. The molecular formula is H7CdHgNOPb. The molecule has 0 spiro atoms. The van der Waals surface area contributed by atoms with Gasteiger partial charge >= 0.3 is 27.3 Å². The van der Waals surface area contributed by atoms with Gasteiger partial charge in [-0.3, -0.25) is 0 Å². The van der Waals surface area contributed by atoms with Crippen LogP contribution >= 0.6 is 0 Å². The SMILES string of the molecule is N.O.[Cd].[Hg].[PbH2]. The molecule has 0 heterocycles. The molecule has 0 aliphatic rings. The van der Waals surface area contributed by atoms with E-state index in [4.69, 9.17) is 0 Å². The van der Waals surface area contributed by atoms with E-state index >= 15 is 0 Å². The summed E-state index contributed by atoms with van der Waals surface area (Å²) in [5.74, 6) is 0. The van der Waals surface area contributed by atoms with Crippen LogP contribution in [0.15, 0.2) is 0 Å². The first kappa shape index (κ1) is 47.4. The van der Waals surface area contributed by atoms with Gasteiger partial charge in [-0.15, -0.1) is 0 Å². The van der Waals surface area contributed by atoms with E-state index in [1.54, 1.807) is 0 Å². The molecule has 2 nitrogen and oxygen atoms in total. The Labute approximate surface area is 92.2 Å². The maximum atomic E-state index is 0. The van der Waals surface area contributed by atoms with Crippen molar-refractivity contribution in [1.29, 1.82) is 0 Å². The van der Waals surface area contributed by atoms with Crippen LogP contribution in [0.4, 0.5) is 0 Å². The molecule has 0 fully saturated rings. The summed E-state index contributed by atoms with van der Waals surface area (Å²) in [7, 11) is 0. The summed E-state index contributed by atoms with van der Waals surface area (Å²) in [6.45, 7) is 0. The average molecular weight is 557 g/mol. The topological polar surface area (TPSA) is 66.5 Å². The fourth-order valence-electron chi connectivity index (χ4n) is 0. The molecule has 5 N–H and O–H groups in total. The summed E-state index contributed by atoms with van der Waals surface area (Å²) in [5.41, 5.74) is 0. The first-order chi connectivity index (χ1) is 0. The summed E-state index contributed by atoms with van der Waals surface area (Å²) in [6, 6.07) is 0. The molecule has 0 bridgehead atoms. The van der Waals surface area contributed by atoms with Crippen LogP contribution in [0.5, 0.6) is 0 Å². The second kappa shape index (κ2) is 29.9. The zero-order valence-electron chi connectivity index (χ0n) is 3.33. The van der Waals surface area contributed by atoms with Crippen LogP contribution in [-0.4, -0.2) is 32.8 Å². The fraction of sp³-hybridized carbons (Fsp3) is 0. The second-order valence-corrected chi connectivity index (χ2v) is 0. The van der Waals surface area contributed by atoms with Crippen molar-refractivity contribution >= 4 is 27.3 Å². The molecule has 0 saturated heterocycles. The van der Waals surface area contributed by atoms with Crippen LogP contribution in [-0.2, 0) is 55.0 Å². The van der Waals surface area contributed by atoms with Gasteiger partial charge in [0, 0.05) is 55.0 Å². The Bertz CT molecular complexity index is 11.6. The Kier molecular flexibility index (Phi) is 283. The zero-order valence-corrected chi connectivity index (χ0v) is 18.4. The van der Waals surface area contributed by atoms with Crippen LogP contribution in [0.1, 0.15) is 0 Å². The third kappa shape index (κ3) is 20.3.